The van der Waals surface area contributed by atoms with E-state index in [1.165, 1.54) is 83.0 Å². The van der Waals surface area contributed by atoms with Crippen LogP contribution in [0.1, 0.15) is 85.0 Å². The van der Waals surface area contributed by atoms with E-state index in [1.54, 1.807) is 0 Å². The lowest BCUT2D eigenvalue weighted by atomic mass is 10.1. The molecule has 0 saturated carbocycles. The zero-order chi connectivity index (χ0) is 13.6. The highest BCUT2D eigenvalue weighted by Crippen LogP contribution is 2.15. The van der Waals surface area contributed by atoms with Gasteiger partial charge >= 0.3 is 0 Å². The predicted octanol–water partition coefficient (Wildman–Crippen LogP) is 5.76. The Bertz CT molecular complexity index is 180. The van der Waals surface area contributed by atoms with Gasteiger partial charge in [-0.2, -0.15) is 0 Å². The Morgan fingerprint density at radius 1 is 0.722 bits per heavy atom. The summed E-state index contributed by atoms with van der Waals surface area (Å²) in [5.41, 5.74) is 1.37. The summed E-state index contributed by atoms with van der Waals surface area (Å²) in [6.45, 7) is 13.4. The van der Waals surface area contributed by atoms with E-state index < -0.39 is 0 Å². The zero-order valence-electron chi connectivity index (χ0n) is 13.1. The Labute approximate surface area is 116 Å². The van der Waals surface area contributed by atoms with Crippen LogP contribution in [0, 0.1) is 0 Å². The first-order chi connectivity index (χ1) is 8.76. The van der Waals surface area contributed by atoms with Crippen molar-refractivity contribution in [1.29, 1.82) is 0 Å². The van der Waals surface area contributed by atoms with Crippen molar-refractivity contribution in [3.05, 3.63) is 12.3 Å². The van der Waals surface area contributed by atoms with E-state index in [4.69, 9.17) is 0 Å². The van der Waals surface area contributed by atoms with Gasteiger partial charge in [0, 0.05) is 18.8 Å². The molecule has 0 atom stereocenters. The van der Waals surface area contributed by atoms with Crippen molar-refractivity contribution in [3.63, 3.8) is 0 Å². The predicted molar refractivity (Wildman–Crippen MR) is 83.9 cm³/mol. The molecule has 108 valence electrons. The summed E-state index contributed by atoms with van der Waals surface area (Å²) in [4.78, 5) is 2.48. The Morgan fingerprint density at radius 3 is 1.72 bits per heavy atom. The molecule has 0 aliphatic rings. The molecular formula is C17H35N. The van der Waals surface area contributed by atoms with Crippen LogP contribution < -0.4 is 0 Å². The highest BCUT2D eigenvalue weighted by Gasteiger charge is 2.04. The SMILES string of the molecule is C=C(CCCCCCCCC)N(CCC)CCC. The minimum Gasteiger partial charge on any atom is -0.375 e. The second kappa shape index (κ2) is 13.0. The van der Waals surface area contributed by atoms with Gasteiger partial charge in [-0.3, -0.25) is 0 Å². The third-order valence-electron chi connectivity index (χ3n) is 3.50. The van der Waals surface area contributed by atoms with Gasteiger partial charge in [-0.15, -0.1) is 0 Å². The highest BCUT2D eigenvalue weighted by atomic mass is 15.1. The first-order valence-corrected chi connectivity index (χ1v) is 8.18. The van der Waals surface area contributed by atoms with Crippen LogP contribution in [0.5, 0.6) is 0 Å². The molecule has 0 radical (unpaired) electrons. The van der Waals surface area contributed by atoms with E-state index in [-0.39, 0.29) is 0 Å². The zero-order valence-corrected chi connectivity index (χ0v) is 13.1. The molecular weight excluding hydrogens is 218 g/mol. The minimum absolute atomic E-state index is 1.18. The molecule has 0 spiro atoms. The average molecular weight is 253 g/mol. The van der Waals surface area contributed by atoms with Crippen molar-refractivity contribution in [2.24, 2.45) is 0 Å². The quantitative estimate of drug-likeness (QED) is 0.377. The number of unbranched alkanes of at least 4 members (excludes halogenated alkanes) is 6. The summed E-state index contributed by atoms with van der Waals surface area (Å²) in [5.74, 6) is 0. The Morgan fingerprint density at radius 2 is 1.22 bits per heavy atom. The van der Waals surface area contributed by atoms with Gasteiger partial charge in [-0.1, -0.05) is 65.9 Å². The standard InChI is InChI=1S/C17H35N/c1-5-8-9-10-11-12-13-14-17(4)18(15-6-2)16-7-3/h4-16H2,1-3H3. The summed E-state index contributed by atoms with van der Waals surface area (Å²) < 4.78 is 0. The second-order valence-corrected chi connectivity index (χ2v) is 5.42. The maximum atomic E-state index is 4.27. The van der Waals surface area contributed by atoms with Gasteiger partial charge in [0.1, 0.15) is 0 Å². The number of allylic oxidation sites excluding steroid dienone is 1. The van der Waals surface area contributed by atoms with Crippen LogP contribution in [0.15, 0.2) is 12.3 Å². The van der Waals surface area contributed by atoms with Crippen molar-refractivity contribution in [2.45, 2.75) is 85.0 Å². The fraction of sp³-hybridized carbons (Fsp3) is 0.882. The molecule has 0 rings (SSSR count). The van der Waals surface area contributed by atoms with Crippen LogP contribution in [0.2, 0.25) is 0 Å². The van der Waals surface area contributed by atoms with E-state index in [1.807, 2.05) is 0 Å². The van der Waals surface area contributed by atoms with Gasteiger partial charge in [0.05, 0.1) is 0 Å². The lowest BCUT2D eigenvalue weighted by Gasteiger charge is -2.26. The van der Waals surface area contributed by atoms with Gasteiger partial charge in [0.25, 0.3) is 0 Å². The fourth-order valence-corrected chi connectivity index (χ4v) is 2.41. The van der Waals surface area contributed by atoms with Crippen LogP contribution in [-0.4, -0.2) is 18.0 Å². The molecule has 0 saturated heterocycles. The molecule has 0 aromatic heterocycles. The topological polar surface area (TPSA) is 3.24 Å². The maximum absolute atomic E-state index is 4.27. The molecule has 0 unspecified atom stereocenters. The largest absolute Gasteiger partial charge is 0.375 e. The van der Waals surface area contributed by atoms with Crippen molar-refractivity contribution >= 4 is 0 Å². The van der Waals surface area contributed by atoms with Crippen molar-refractivity contribution in [2.75, 3.05) is 13.1 Å². The third-order valence-corrected chi connectivity index (χ3v) is 3.50. The van der Waals surface area contributed by atoms with E-state index in [9.17, 15) is 0 Å². The summed E-state index contributed by atoms with van der Waals surface area (Å²) in [7, 11) is 0. The molecule has 0 aromatic rings. The van der Waals surface area contributed by atoms with Crippen LogP contribution in [-0.2, 0) is 0 Å². The Kier molecular flexibility index (Phi) is 12.7. The van der Waals surface area contributed by atoms with Crippen LogP contribution in [0.4, 0.5) is 0 Å². The molecule has 0 aromatic carbocycles. The van der Waals surface area contributed by atoms with Crippen LogP contribution in [0.25, 0.3) is 0 Å². The molecule has 18 heavy (non-hydrogen) atoms. The molecule has 0 amide bonds. The summed E-state index contributed by atoms with van der Waals surface area (Å²) in [6, 6.07) is 0. The van der Waals surface area contributed by atoms with Crippen molar-refractivity contribution < 1.29 is 0 Å². The monoisotopic (exact) mass is 253 g/mol. The second-order valence-electron chi connectivity index (χ2n) is 5.42. The molecule has 1 nitrogen and oxygen atoms in total. The average Bonchev–Trinajstić information content (AvgIpc) is 2.37. The third kappa shape index (κ3) is 9.56. The summed E-state index contributed by atoms with van der Waals surface area (Å²) >= 11 is 0. The smallest absolute Gasteiger partial charge is 0.0172 e. The molecule has 1 heteroatoms. The highest BCUT2D eigenvalue weighted by molar-refractivity contribution is 4.93. The first kappa shape index (κ1) is 17.5. The van der Waals surface area contributed by atoms with Gasteiger partial charge in [-0.05, 0) is 25.7 Å². The van der Waals surface area contributed by atoms with Gasteiger partial charge in [0.2, 0.25) is 0 Å². The first-order valence-electron chi connectivity index (χ1n) is 8.18. The lowest BCUT2D eigenvalue weighted by molar-refractivity contribution is 0.330. The normalized spacial score (nSPS) is 10.6. The summed E-state index contributed by atoms with van der Waals surface area (Å²) in [5, 5.41) is 0. The minimum atomic E-state index is 1.18. The van der Waals surface area contributed by atoms with Crippen molar-refractivity contribution in [1.82, 2.24) is 4.90 Å². The number of hydrogen-bond acceptors (Lipinski definition) is 1. The fourth-order valence-electron chi connectivity index (χ4n) is 2.41. The van der Waals surface area contributed by atoms with Crippen LogP contribution in [0.3, 0.4) is 0 Å². The molecule has 0 heterocycles. The van der Waals surface area contributed by atoms with Gasteiger partial charge in [-0.25, -0.2) is 0 Å². The van der Waals surface area contributed by atoms with Gasteiger partial charge in [0.15, 0.2) is 0 Å². The molecule has 0 aliphatic heterocycles. The van der Waals surface area contributed by atoms with E-state index in [2.05, 4.69) is 32.3 Å². The molecule has 0 bridgehead atoms. The number of nitrogens with zero attached hydrogens (tertiary/aromatic N) is 1. The van der Waals surface area contributed by atoms with Crippen LogP contribution >= 0.6 is 0 Å². The lowest BCUT2D eigenvalue weighted by Crippen LogP contribution is -2.24. The molecule has 0 N–H and O–H groups in total. The van der Waals surface area contributed by atoms with E-state index in [0.29, 0.717) is 0 Å². The molecule has 0 fully saturated rings. The maximum Gasteiger partial charge on any atom is 0.0172 e. The number of hydrogen-bond donors (Lipinski definition) is 0. The van der Waals surface area contributed by atoms with Crippen molar-refractivity contribution in [3.8, 4) is 0 Å². The summed E-state index contributed by atoms with van der Waals surface area (Å²) in [6.07, 6.45) is 13.4. The Balaban J connectivity index is 3.54. The van der Waals surface area contributed by atoms with E-state index in [0.717, 1.165) is 0 Å². The Hall–Kier alpha value is -0.460. The van der Waals surface area contributed by atoms with Gasteiger partial charge < -0.3 is 4.90 Å². The van der Waals surface area contributed by atoms with E-state index >= 15 is 0 Å². The number of rotatable bonds is 13. The molecule has 0 aliphatic carbocycles.